The molecule has 20 heavy (non-hydrogen) atoms. The lowest BCUT2D eigenvalue weighted by atomic mass is 10.1. The van der Waals surface area contributed by atoms with Crippen LogP contribution in [0.2, 0.25) is 0 Å². The monoisotopic (exact) mass is 276 g/mol. The van der Waals surface area contributed by atoms with Gasteiger partial charge in [-0.05, 0) is 63.5 Å². The summed E-state index contributed by atoms with van der Waals surface area (Å²) in [5, 5.41) is 3.48. The van der Waals surface area contributed by atoms with Gasteiger partial charge >= 0.3 is 0 Å². The number of hydrogen-bond acceptors (Lipinski definition) is 3. The Morgan fingerprint density at radius 1 is 1.20 bits per heavy atom. The van der Waals surface area contributed by atoms with Gasteiger partial charge in [-0.25, -0.2) is 0 Å². The van der Waals surface area contributed by atoms with E-state index in [-0.39, 0.29) is 0 Å². The number of nitrogens with one attached hydrogen (secondary N) is 1. The molecule has 1 aliphatic rings. The predicted octanol–water partition coefficient (Wildman–Crippen LogP) is 3.05. The van der Waals surface area contributed by atoms with Crippen molar-refractivity contribution in [1.82, 2.24) is 10.2 Å². The fraction of sp³-hybridized carbons (Fsp3) is 0.647. The molecular weight excluding hydrogens is 248 g/mol. The molecule has 3 heteroatoms. The third-order valence-corrected chi connectivity index (χ3v) is 4.00. The molecule has 1 aliphatic heterocycles. The summed E-state index contributed by atoms with van der Waals surface area (Å²) in [7, 11) is 2.25. The van der Waals surface area contributed by atoms with Crippen molar-refractivity contribution in [3.05, 3.63) is 29.8 Å². The van der Waals surface area contributed by atoms with Crippen molar-refractivity contribution in [2.45, 2.75) is 45.2 Å². The molecule has 1 aromatic carbocycles. The van der Waals surface area contributed by atoms with Crippen molar-refractivity contribution in [1.29, 1.82) is 0 Å². The number of nitrogens with zero attached hydrogens (tertiary/aromatic N) is 1. The van der Waals surface area contributed by atoms with Crippen LogP contribution < -0.4 is 10.1 Å². The Morgan fingerprint density at radius 3 is 2.75 bits per heavy atom. The Balaban J connectivity index is 1.85. The van der Waals surface area contributed by atoms with Crippen LogP contribution in [-0.2, 0) is 6.54 Å². The van der Waals surface area contributed by atoms with Crippen LogP contribution in [0.5, 0.6) is 5.75 Å². The largest absolute Gasteiger partial charge is 0.494 e. The highest BCUT2D eigenvalue weighted by Gasteiger charge is 2.16. The van der Waals surface area contributed by atoms with Crippen molar-refractivity contribution >= 4 is 0 Å². The van der Waals surface area contributed by atoms with E-state index in [9.17, 15) is 0 Å². The molecule has 1 aromatic rings. The minimum atomic E-state index is 0.709. The standard InChI is InChI=1S/C17H28N2O/c1-3-13-20-17-8-6-15(7-9-17)14-19(2)16-5-4-11-18-12-10-16/h6-9,16,18H,3-5,10-14H2,1-2H3. The van der Waals surface area contributed by atoms with Gasteiger partial charge in [0.2, 0.25) is 0 Å². The second-order valence-corrected chi connectivity index (χ2v) is 5.74. The fourth-order valence-electron chi connectivity index (χ4n) is 2.77. The lowest BCUT2D eigenvalue weighted by molar-refractivity contribution is 0.216. The van der Waals surface area contributed by atoms with Gasteiger partial charge in [0.05, 0.1) is 6.61 Å². The van der Waals surface area contributed by atoms with Gasteiger partial charge in [-0.3, -0.25) is 4.90 Å². The minimum Gasteiger partial charge on any atom is -0.494 e. The quantitative estimate of drug-likeness (QED) is 0.864. The highest BCUT2D eigenvalue weighted by Crippen LogP contribution is 2.17. The van der Waals surface area contributed by atoms with Crippen LogP contribution in [0.3, 0.4) is 0 Å². The van der Waals surface area contributed by atoms with Crippen molar-refractivity contribution in [3.63, 3.8) is 0 Å². The maximum absolute atomic E-state index is 5.63. The van der Waals surface area contributed by atoms with E-state index in [4.69, 9.17) is 4.74 Å². The Kier molecular flexibility index (Phi) is 6.34. The molecule has 1 atom stereocenters. The van der Waals surface area contributed by atoms with Gasteiger partial charge in [-0.1, -0.05) is 19.1 Å². The topological polar surface area (TPSA) is 24.5 Å². The molecule has 1 unspecified atom stereocenters. The second-order valence-electron chi connectivity index (χ2n) is 5.74. The van der Waals surface area contributed by atoms with E-state index in [2.05, 4.69) is 48.5 Å². The molecule has 0 amide bonds. The van der Waals surface area contributed by atoms with Gasteiger partial charge in [0.15, 0.2) is 0 Å². The third kappa shape index (κ3) is 4.80. The lowest BCUT2D eigenvalue weighted by Gasteiger charge is -2.26. The normalized spacial score (nSPS) is 19.9. The molecule has 0 bridgehead atoms. The van der Waals surface area contributed by atoms with E-state index in [1.54, 1.807) is 0 Å². The Labute approximate surface area is 123 Å². The van der Waals surface area contributed by atoms with E-state index in [1.807, 2.05) is 0 Å². The Bertz CT molecular complexity index is 369. The summed E-state index contributed by atoms with van der Waals surface area (Å²) < 4.78 is 5.63. The maximum Gasteiger partial charge on any atom is 0.119 e. The first-order chi connectivity index (χ1) is 9.79. The SMILES string of the molecule is CCCOc1ccc(CN(C)C2CCCNCC2)cc1. The van der Waals surface area contributed by atoms with Crippen molar-refractivity contribution in [2.24, 2.45) is 0 Å². The smallest absolute Gasteiger partial charge is 0.119 e. The first-order valence-corrected chi connectivity index (χ1v) is 7.92. The third-order valence-electron chi connectivity index (χ3n) is 4.00. The molecule has 0 spiro atoms. The maximum atomic E-state index is 5.63. The first-order valence-electron chi connectivity index (χ1n) is 7.92. The molecule has 0 aliphatic carbocycles. The zero-order chi connectivity index (χ0) is 14.2. The van der Waals surface area contributed by atoms with Gasteiger partial charge in [0.25, 0.3) is 0 Å². The number of benzene rings is 1. The van der Waals surface area contributed by atoms with Gasteiger partial charge in [-0.2, -0.15) is 0 Å². The van der Waals surface area contributed by atoms with Gasteiger partial charge in [0, 0.05) is 12.6 Å². The summed E-state index contributed by atoms with van der Waals surface area (Å²) in [6.07, 6.45) is 4.91. The van der Waals surface area contributed by atoms with E-state index in [0.717, 1.165) is 31.9 Å². The average Bonchev–Trinajstić information content (AvgIpc) is 2.75. The zero-order valence-corrected chi connectivity index (χ0v) is 12.9. The van der Waals surface area contributed by atoms with E-state index >= 15 is 0 Å². The summed E-state index contributed by atoms with van der Waals surface area (Å²) in [6.45, 7) is 6.28. The van der Waals surface area contributed by atoms with Crippen molar-refractivity contribution in [2.75, 3.05) is 26.7 Å². The molecule has 1 heterocycles. The summed E-state index contributed by atoms with van der Waals surface area (Å²) in [6, 6.07) is 9.27. The molecule has 2 rings (SSSR count). The average molecular weight is 276 g/mol. The van der Waals surface area contributed by atoms with Crippen LogP contribution in [-0.4, -0.2) is 37.7 Å². The summed E-state index contributed by atoms with van der Waals surface area (Å²) >= 11 is 0. The summed E-state index contributed by atoms with van der Waals surface area (Å²) in [5.41, 5.74) is 1.37. The van der Waals surface area contributed by atoms with Gasteiger partial charge < -0.3 is 10.1 Å². The molecule has 1 fully saturated rings. The summed E-state index contributed by atoms with van der Waals surface area (Å²) in [5.74, 6) is 0.983. The second kappa shape index (κ2) is 8.28. The molecule has 3 nitrogen and oxygen atoms in total. The van der Waals surface area contributed by atoms with E-state index in [1.165, 1.54) is 31.4 Å². The molecule has 0 saturated carbocycles. The van der Waals surface area contributed by atoms with E-state index in [0.29, 0.717) is 6.04 Å². The highest BCUT2D eigenvalue weighted by molar-refractivity contribution is 5.27. The van der Waals surface area contributed by atoms with E-state index < -0.39 is 0 Å². The van der Waals surface area contributed by atoms with Crippen molar-refractivity contribution in [3.8, 4) is 5.75 Å². The zero-order valence-electron chi connectivity index (χ0n) is 12.9. The lowest BCUT2D eigenvalue weighted by Crippen LogP contribution is -2.31. The first kappa shape index (κ1) is 15.3. The molecule has 112 valence electrons. The molecule has 1 N–H and O–H groups in total. The molecule has 0 radical (unpaired) electrons. The predicted molar refractivity (Wildman–Crippen MR) is 84.2 cm³/mol. The number of ether oxygens (including phenoxy) is 1. The molecule has 1 saturated heterocycles. The van der Waals surface area contributed by atoms with Gasteiger partial charge in [0.1, 0.15) is 5.75 Å². The van der Waals surface area contributed by atoms with Crippen LogP contribution in [0.15, 0.2) is 24.3 Å². The van der Waals surface area contributed by atoms with Crippen LogP contribution in [0.4, 0.5) is 0 Å². The highest BCUT2D eigenvalue weighted by atomic mass is 16.5. The minimum absolute atomic E-state index is 0.709. The van der Waals surface area contributed by atoms with Crippen LogP contribution in [0.25, 0.3) is 0 Å². The number of rotatable bonds is 6. The van der Waals surface area contributed by atoms with Crippen molar-refractivity contribution < 1.29 is 4.74 Å². The fourth-order valence-corrected chi connectivity index (χ4v) is 2.77. The molecular formula is C17H28N2O. The Hall–Kier alpha value is -1.06. The van der Waals surface area contributed by atoms with Gasteiger partial charge in [-0.15, -0.1) is 0 Å². The van der Waals surface area contributed by atoms with Crippen LogP contribution in [0, 0.1) is 0 Å². The van der Waals surface area contributed by atoms with Crippen LogP contribution in [0.1, 0.15) is 38.2 Å². The summed E-state index contributed by atoms with van der Waals surface area (Å²) in [4.78, 5) is 2.49. The van der Waals surface area contributed by atoms with Crippen LogP contribution >= 0.6 is 0 Å². The molecule has 0 aromatic heterocycles. The number of hydrogen-bond donors (Lipinski definition) is 1. The Morgan fingerprint density at radius 2 is 2.00 bits per heavy atom.